The van der Waals surface area contributed by atoms with Gasteiger partial charge < -0.3 is 25.6 Å². The molecule has 1 aliphatic heterocycles. The molecule has 2 amide bonds. The second-order valence-electron chi connectivity index (χ2n) is 8.94. The molecule has 0 aromatic heterocycles. The smallest absolute Gasteiger partial charge is 0.416 e. The number of nitrogens with one attached hydrogen (secondary N) is 2. The summed E-state index contributed by atoms with van der Waals surface area (Å²) in [7, 11) is 0. The first kappa shape index (κ1) is 32.2. The van der Waals surface area contributed by atoms with E-state index < -0.39 is 62.6 Å². The minimum absolute atomic E-state index is 0.0134. The number of carbonyl (C=O) groups excluding carboxylic acids is 3. The molecule has 0 saturated carbocycles. The van der Waals surface area contributed by atoms with Crippen LogP contribution in [0.5, 0.6) is 5.75 Å². The number of ketones is 1. The highest BCUT2D eigenvalue weighted by Gasteiger charge is 2.50. The summed E-state index contributed by atoms with van der Waals surface area (Å²) >= 11 is 0.636. The van der Waals surface area contributed by atoms with E-state index in [2.05, 4.69) is 10.6 Å². The number of halogens is 6. The molecule has 2 unspecified atom stereocenters. The SMILES string of the molecule is O=C(Nc1ccc(C(F)(F)F)cc1)C(O)SC1(SC(O)C(=O)Nc2ccc(C(F)(F)F)cc2)COc2ccccc2C1=O. The minimum atomic E-state index is -4.61. The van der Waals surface area contributed by atoms with E-state index in [0.717, 1.165) is 24.3 Å². The highest BCUT2D eigenvalue weighted by atomic mass is 32.2. The van der Waals surface area contributed by atoms with E-state index in [9.17, 15) is 50.9 Å². The van der Waals surface area contributed by atoms with Crippen molar-refractivity contribution in [3.8, 4) is 5.75 Å². The number of thioether (sulfide) groups is 2. The van der Waals surface area contributed by atoms with Gasteiger partial charge in [-0.05, 0) is 60.7 Å². The van der Waals surface area contributed by atoms with Crippen LogP contribution in [0.4, 0.5) is 37.7 Å². The summed E-state index contributed by atoms with van der Waals surface area (Å²) < 4.78 is 80.6. The first-order chi connectivity index (χ1) is 20.1. The van der Waals surface area contributed by atoms with Gasteiger partial charge in [-0.2, -0.15) is 26.3 Å². The summed E-state index contributed by atoms with van der Waals surface area (Å²) in [6.07, 6.45) is -9.22. The Labute approximate surface area is 247 Å². The Hall–Kier alpha value is -3.73. The van der Waals surface area contributed by atoms with Gasteiger partial charge >= 0.3 is 12.4 Å². The fraction of sp³-hybridized carbons (Fsp3) is 0.222. The third kappa shape index (κ3) is 7.62. The number of hydrogen-bond donors (Lipinski definition) is 4. The number of Topliss-reactive ketones (excluding diaryl/α,β-unsaturated/α-hetero) is 1. The number of anilines is 2. The fourth-order valence-electron chi connectivity index (χ4n) is 3.79. The number of para-hydroxylation sites is 1. The van der Waals surface area contributed by atoms with Crippen molar-refractivity contribution in [2.75, 3.05) is 17.2 Å². The molecule has 0 aliphatic carbocycles. The third-order valence-electron chi connectivity index (χ3n) is 5.91. The van der Waals surface area contributed by atoms with Gasteiger partial charge in [-0.15, -0.1) is 0 Å². The lowest BCUT2D eigenvalue weighted by atomic mass is 10.0. The van der Waals surface area contributed by atoms with Crippen LogP contribution in [0.1, 0.15) is 21.5 Å². The van der Waals surface area contributed by atoms with Gasteiger partial charge in [0.15, 0.2) is 20.7 Å². The number of fused-ring (bicyclic) bond motifs is 1. The molecule has 43 heavy (non-hydrogen) atoms. The number of alkyl halides is 6. The highest BCUT2D eigenvalue weighted by molar-refractivity contribution is 8.20. The van der Waals surface area contributed by atoms with E-state index in [1.807, 2.05) is 0 Å². The third-order valence-corrected chi connectivity index (χ3v) is 8.73. The van der Waals surface area contributed by atoms with Crippen molar-refractivity contribution < 1.29 is 55.7 Å². The monoisotopic (exact) mass is 646 g/mol. The standard InChI is InChI=1S/C27H20F6N2O6S2/c28-26(29,30)14-5-9-16(10-6-14)34-21(37)23(39)42-25(13-41-19-4-2-1-3-18(19)20(25)36)43-24(40)22(38)35-17-11-7-15(8-12-17)27(31,32)33/h1-12,23-24,39-40H,13H2,(H,34,37)(H,35,38). The molecule has 0 bridgehead atoms. The Bertz CT molecular complexity index is 1420. The molecule has 4 rings (SSSR count). The van der Waals surface area contributed by atoms with Gasteiger partial charge in [-0.25, -0.2) is 0 Å². The molecular weight excluding hydrogens is 626 g/mol. The summed E-state index contributed by atoms with van der Waals surface area (Å²) in [5, 5.41) is 25.8. The van der Waals surface area contributed by atoms with Crippen LogP contribution in [-0.2, 0) is 21.9 Å². The second-order valence-corrected chi connectivity index (χ2v) is 12.0. The summed E-state index contributed by atoms with van der Waals surface area (Å²) in [5.74, 6) is -2.82. The first-order valence-electron chi connectivity index (χ1n) is 12.0. The largest absolute Gasteiger partial charge is 0.490 e. The number of carbonyl (C=O) groups is 3. The molecule has 3 aromatic carbocycles. The summed E-state index contributed by atoms with van der Waals surface area (Å²) in [4.78, 5) is 39.1. The predicted octanol–water partition coefficient (Wildman–Crippen LogP) is 5.38. The van der Waals surface area contributed by atoms with Gasteiger partial charge in [0.1, 0.15) is 12.4 Å². The van der Waals surface area contributed by atoms with Gasteiger partial charge in [0.2, 0.25) is 0 Å². The maximum Gasteiger partial charge on any atom is 0.416 e. The van der Waals surface area contributed by atoms with E-state index in [-0.39, 0.29) is 22.7 Å². The lowest BCUT2D eigenvalue weighted by molar-refractivity contribution is -0.138. The van der Waals surface area contributed by atoms with E-state index >= 15 is 0 Å². The average molecular weight is 647 g/mol. The second kappa shape index (κ2) is 12.5. The number of amides is 2. The van der Waals surface area contributed by atoms with Crippen LogP contribution >= 0.6 is 23.5 Å². The lowest BCUT2D eigenvalue weighted by Gasteiger charge is -2.37. The maximum atomic E-state index is 13.6. The van der Waals surface area contributed by atoms with Crippen molar-refractivity contribution in [2.45, 2.75) is 27.3 Å². The molecule has 8 nitrogen and oxygen atoms in total. The highest BCUT2D eigenvalue weighted by Crippen LogP contribution is 2.48. The molecule has 228 valence electrons. The number of aliphatic hydroxyl groups is 2. The first-order valence-corrected chi connectivity index (χ1v) is 13.8. The molecule has 16 heteroatoms. The van der Waals surface area contributed by atoms with Gasteiger partial charge in [0.05, 0.1) is 16.7 Å². The van der Waals surface area contributed by atoms with Crippen molar-refractivity contribution in [1.29, 1.82) is 0 Å². The Balaban J connectivity index is 1.52. The molecular formula is C27H20F6N2O6S2. The van der Waals surface area contributed by atoms with Crippen LogP contribution in [0.2, 0.25) is 0 Å². The topological polar surface area (TPSA) is 125 Å². The molecule has 2 atom stereocenters. The zero-order valence-electron chi connectivity index (χ0n) is 21.4. The number of rotatable bonds is 8. The fourth-order valence-corrected chi connectivity index (χ4v) is 6.30. The van der Waals surface area contributed by atoms with Crippen LogP contribution in [0.25, 0.3) is 0 Å². The molecule has 4 N–H and O–H groups in total. The maximum absolute atomic E-state index is 13.6. The van der Waals surface area contributed by atoms with E-state index in [1.54, 1.807) is 6.07 Å². The lowest BCUT2D eigenvalue weighted by Crippen LogP contribution is -2.47. The molecule has 0 radical (unpaired) electrons. The molecule has 1 aliphatic rings. The quantitative estimate of drug-likeness (QED) is 0.190. The van der Waals surface area contributed by atoms with E-state index in [1.165, 1.54) is 18.2 Å². The van der Waals surface area contributed by atoms with Gasteiger partial charge in [0.25, 0.3) is 11.8 Å². The Morgan fingerprint density at radius 3 is 1.58 bits per heavy atom. The molecule has 0 fully saturated rings. The van der Waals surface area contributed by atoms with Crippen LogP contribution in [0.3, 0.4) is 0 Å². The number of ether oxygens (including phenoxy) is 1. The van der Waals surface area contributed by atoms with Gasteiger partial charge in [-0.3, -0.25) is 14.4 Å². The molecule has 0 spiro atoms. The van der Waals surface area contributed by atoms with Crippen LogP contribution in [0, 0.1) is 0 Å². The molecule has 0 saturated heterocycles. The Kier molecular flexibility index (Phi) is 9.34. The van der Waals surface area contributed by atoms with Gasteiger partial charge in [0, 0.05) is 11.4 Å². The summed E-state index contributed by atoms with van der Waals surface area (Å²) in [5.41, 5.74) is -6.19. The number of hydrogen-bond acceptors (Lipinski definition) is 8. The Morgan fingerprint density at radius 1 is 0.744 bits per heavy atom. The van der Waals surface area contributed by atoms with Crippen LogP contribution < -0.4 is 15.4 Å². The molecule has 3 aromatic rings. The zero-order valence-corrected chi connectivity index (χ0v) is 23.0. The normalized spacial score (nSPS) is 18.2. The van der Waals surface area contributed by atoms with Crippen molar-refractivity contribution >= 4 is 52.5 Å². The van der Waals surface area contributed by atoms with Crippen LogP contribution in [0.15, 0.2) is 72.8 Å². The van der Waals surface area contributed by atoms with Crippen molar-refractivity contribution in [3.63, 3.8) is 0 Å². The average Bonchev–Trinajstić information content (AvgIpc) is 2.94. The predicted molar refractivity (Wildman–Crippen MR) is 146 cm³/mol. The summed E-state index contributed by atoms with van der Waals surface area (Å²) in [6.45, 7) is -0.534. The van der Waals surface area contributed by atoms with Crippen molar-refractivity contribution in [1.82, 2.24) is 0 Å². The van der Waals surface area contributed by atoms with Crippen molar-refractivity contribution in [3.05, 3.63) is 89.5 Å². The number of benzene rings is 3. The van der Waals surface area contributed by atoms with E-state index in [0.29, 0.717) is 47.8 Å². The zero-order chi connectivity index (χ0) is 31.6. The number of aliphatic hydroxyl groups excluding tert-OH is 2. The minimum Gasteiger partial charge on any atom is -0.490 e. The van der Waals surface area contributed by atoms with E-state index in [4.69, 9.17) is 4.74 Å². The van der Waals surface area contributed by atoms with Crippen LogP contribution in [-0.4, -0.2) is 49.4 Å². The molecule has 1 heterocycles. The summed E-state index contributed by atoms with van der Waals surface area (Å²) in [6, 6.07) is 12.7. The van der Waals surface area contributed by atoms with Gasteiger partial charge in [-0.1, -0.05) is 35.7 Å². The van der Waals surface area contributed by atoms with Crippen molar-refractivity contribution in [2.24, 2.45) is 0 Å². The Morgan fingerprint density at radius 2 is 1.16 bits per heavy atom.